The summed E-state index contributed by atoms with van der Waals surface area (Å²) in [6.07, 6.45) is 30.7. The number of hydrogen-bond acceptors (Lipinski definition) is 2. The minimum absolute atomic E-state index is 0.246. The Kier molecular flexibility index (Phi) is 27.6. The molecule has 3 heteroatoms. The summed E-state index contributed by atoms with van der Waals surface area (Å²) in [6.45, 7) is 11.2. The number of hydrogen-bond donors (Lipinski definition) is 0. The highest BCUT2D eigenvalue weighted by atomic mass is 16.2. The van der Waals surface area contributed by atoms with Crippen LogP contribution in [0.2, 0.25) is 0 Å². The van der Waals surface area contributed by atoms with E-state index in [1.807, 2.05) is 0 Å². The zero-order valence-electron chi connectivity index (χ0n) is 27.3. The molecule has 3 nitrogen and oxygen atoms in total. The first kappa shape index (κ1) is 37.4. The van der Waals surface area contributed by atoms with E-state index in [4.69, 9.17) is 0 Å². The first-order chi connectivity index (χ1) is 18.5. The van der Waals surface area contributed by atoms with Gasteiger partial charge in [-0.25, -0.2) is 0 Å². The fourth-order valence-corrected chi connectivity index (χ4v) is 5.88. The SMILES string of the molecule is CCCCCCCCCC(CCCCCCCCC)C(=O)N(CCCN(C)C)C(CCCC)CCCCC. The summed E-state index contributed by atoms with van der Waals surface area (Å²) >= 11 is 0. The van der Waals surface area contributed by atoms with Gasteiger partial charge in [-0.15, -0.1) is 0 Å². The van der Waals surface area contributed by atoms with Crippen LogP contribution in [0.5, 0.6) is 0 Å². The lowest BCUT2D eigenvalue weighted by Crippen LogP contribution is -2.45. The van der Waals surface area contributed by atoms with E-state index in [0.29, 0.717) is 11.9 Å². The van der Waals surface area contributed by atoms with Crippen molar-refractivity contribution in [1.29, 1.82) is 0 Å². The van der Waals surface area contributed by atoms with E-state index in [-0.39, 0.29) is 5.92 Å². The van der Waals surface area contributed by atoms with Gasteiger partial charge in [-0.2, -0.15) is 0 Å². The van der Waals surface area contributed by atoms with Gasteiger partial charge in [-0.05, 0) is 52.7 Å². The highest BCUT2D eigenvalue weighted by Crippen LogP contribution is 2.26. The third-order valence-corrected chi connectivity index (χ3v) is 8.42. The Morgan fingerprint density at radius 3 is 1.34 bits per heavy atom. The Bertz CT molecular complexity index is 474. The van der Waals surface area contributed by atoms with E-state index in [0.717, 1.165) is 32.4 Å². The molecule has 1 amide bonds. The molecular weight excluding hydrogens is 464 g/mol. The molecule has 0 fully saturated rings. The highest BCUT2D eigenvalue weighted by molar-refractivity contribution is 5.79. The van der Waals surface area contributed by atoms with Crippen LogP contribution < -0.4 is 0 Å². The third kappa shape index (κ3) is 21.3. The van der Waals surface area contributed by atoms with Crippen molar-refractivity contribution in [1.82, 2.24) is 9.80 Å². The van der Waals surface area contributed by atoms with Gasteiger partial charge in [-0.1, -0.05) is 150 Å². The van der Waals surface area contributed by atoms with Crippen LogP contribution >= 0.6 is 0 Å². The van der Waals surface area contributed by atoms with Gasteiger partial charge >= 0.3 is 0 Å². The fourth-order valence-electron chi connectivity index (χ4n) is 5.88. The zero-order valence-corrected chi connectivity index (χ0v) is 27.3. The van der Waals surface area contributed by atoms with Crippen LogP contribution in [0.15, 0.2) is 0 Å². The molecule has 1 unspecified atom stereocenters. The standard InChI is InChI=1S/C35H72N2O/c1-7-11-15-17-19-21-24-27-33(28-25-22-20-18-16-12-8-2)35(38)37(32-26-31-36(5)6)34(29-14-10-4)30-23-13-9-3/h33-34H,7-32H2,1-6H3. The van der Waals surface area contributed by atoms with Gasteiger partial charge in [0.05, 0.1) is 0 Å². The summed E-state index contributed by atoms with van der Waals surface area (Å²) < 4.78 is 0. The quantitative estimate of drug-likeness (QED) is 0.0887. The van der Waals surface area contributed by atoms with Crippen molar-refractivity contribution in [3.05, 3.63) is 0 Å². The van der Waals surface area contributed by atoms with Crippen molar-refractivity contribution in [2.45, 2.75) is 188 Å². The Hall–Kier alpha value is -0.570. The van der Waals surface area contributed by atoms with Gasteiger partial charge in [0.1, 0.15) is 0 Å². The molecular formula is C35H72N2O. The monoisotopic (exact) mass is 537 g/mol. The molecule has 38 heavy (non-hydrogen) atoms. The van der Waals surface area contributed by atoms with Gasteiger partial charge in [0.25, 0.3) is 0 Å². The fraction of sp³-hybridized carbons (Fsp3) is 0.971. The molecule has 0 aromatic heterocycles. The van der Waals surface area contributed by atoms with E-state index in [1.165, 1.54) is 135 Å². The number of nitrogens with zero attached hydrogens (tertiary/aromatic N) is 2. The Morgan fingerprint density at radius 2 is 0.868 bits per heavy atom. The summed E-state index contributed by atoms with van der Waals surface area (Å²) in [7, 11) is 4.32. The van der Waals surface area contributed by atoms with E-state index in [9.17, 15) is 4.79 Å². The molecule has 0 N–H and O–H groups in total. The van der Waals surface area contributed by atoms with Gasteiger partial charge in [0, 0.05) is 18.5 Å². The maximum Gasteiger partial charge on any atom is 0.225 e. The summed E-state index contributed by atoms with van der Waals surface area (Å²) in [4.78, 5) is 19.0. The molecule has 0 aliphatic heterocycles. The van der Waals surface area contributed by atoms with Crippen molar-refractivity contribution < 1.29 is 4.79 Å². The Labute approximate surface area is 241 Å². The summed E-state index contributed by atoms with van der Waals surface area (Å²) in [5.41, 5.74) is 0. The molecule has 0 aliphatic rings. The van der Waals surface area contributed by atoms with E-state index in [1.54, 1.807) is 0 Å². The molecule has 0 heterocycles. The number of carbonyl (C=O) groups excluding carboxylic acids is 1. The van der Waals surface area contributed by atoms with E-state index in [2.05, 4.69) is 51.6 Å². The lowest BCUT2D eigenvalue weighted by Gasteiger charge is -2.35. The van der Waals surface area contributed by atoms with Crippen molar-refractivity contribution in [3.8, 4) is 0 Å². The van der Waals surface area contributed by atoms with Crippen LogP contribution in [0.1, 0.15) is 182 Å². The average Bonchev–Trinajstić information content (AvgIpc) is 2.90. The molecule has 0 aromatic carbocycles. The van der Waals surface area contributed by atoms with Crippen molar-refractivity contribution >= 4 is 5.91 Å². The summed E-state index contributed by atoms with van der Waals surface area (Å²) in [5.74, 6) is 0.759. The second-order valence-corrected chi connectivity index (χ2v) is 12.5. The van der Waals surface area contributed by atoms with Crippen molar-refractivity contribution in [3.63, 3.8) is 0 Å². The third-order valence-electron chi connectivity index (χ3n) is 8.42. The summed E-state index contributed by atoms with van der Waals surface area (Å²) in [6, 6.07) is 0.446. The van der Waals surface area contributed by atoms with Crippen LogP contribution in [-0.4, -0.2) is 48.9 Å². The van der Waals surface area contributed by atoms with Crippen molar-refractivity contribution in [2.75, 3.05) is 27.2 Å². The smallest absolute Gasteiger partial charge is 0.225 e. The normalized spacial score (nSPS) is 12.5. The summed E-state index contributed by atoms with van der Waals surface area (Å²) in [5, 5.41) is 0. The van der Waals surface area contributed by atoms with Gasteiger partial charge in [0.2, 0.25) is 5.91 Å². The van der Waals surface area contributed by atoms with Crippen LogP contribution in [0.4, 0.5) is 0 Å². The molecule has 0 radical (unpaired) electrons. The molecule has 0 saturated carbocycles. The molecule has 0 spiro atoms. The van der Waals surface area contributed by atoms with Crippen LogP contribution in [0.25, 0.3) is 0 Å². The molecule has 0 bridgehead atoms. The number of carbonyl (C=O) groups is 1. The second-order valence-electron chi connectivity index (χ2n) is 12.5. The number of amides is 1. The Morgan fingerprint density at radius 1 is 0.474 bits per heavy atom. The average molecular weight is 537 g/mol. The number of unbranched alkanes of at least 4 members (excludes halogenated alkanes) is 15. The molecule has 1 atom stereocenters. The number of rotatable bonds is 29. The maximum atomic E-state index is 14.3. The maximum absolute atomic E-state index is 14.3. The second kappa shape index (κ2) is 28.0. The largest absolute Gasteiger partial charge is 0.339 e. The van der Waals surface area contributed by atoms with Gasteiger partial charge in [0.15, 0.2) is 0 Å². The van der Waals surface area contributed by atoms with Crippen LogP contribution in [-0.2, 0) is 4.79 Å². The molecule has 0 aliphatic carbocycles. The molecule has 0 saturated heterocycles. The van der Waals surface area contributed by atoms with Crippen LogP contribution in [0, 0.1) is 5.92 Å². The topological polar surface area (TPSA) is 23.6 Å². The van der Waals surface area contributed by atoms with Crippen molar-refractivity contribution in [2.24, 2.45) is 5.92 Å². The Balaban J connectivity index is 5.31. The first-order valence-electron chi connectivity index (χ1n) is 17.5. The van der Waals surface area contributed by atoms with E-state index >= 15 is 0 Å². The highest BCUT2D eigenvalue weighted by Gasteiger charge is 2.28. The lowest BCUT2D eigenvalue weighted by atomic mass is 9.91. The minimum Gasteiger partial charge on any atom is -0.339 e. The zero-order chi connectivity index (χ0) is 28.3. The van der Waals surface area contributed by atoms with Crippen LogP contribution in [0.3, 0.4) is 0 Å². The van der Waals surface area contributed by atoms with E-state index < -0.39 is 0 Å². The molecule has 228 valence electrons. The molecule has 0 aromatic rings. The first-order valence-corrected chi connectivity index (χ1v) is 17.5. The predicted molar refractivity (Wildman–Crippen MR) is 171 cm³/mol. The molecule has 0 rings (SSSR count). The predicted octanol–water partition coefficient (Wildman–Crippen LogP) is 10.8. The van der Waals surface area contributed by atoms with Gasteiger partial charge < -0.3 is 9.80 Å². The lowest BCUT2D eigenvalue weighted by molar-refractivity contribution is -0.139. The minimum atomic E-state index is 0.246. The van der Waals surface area contributed by atoms with Gasteiger partial charge in [-0.3, -0.25) is 4.79 Å².